The minimum absolute atomic E-state index is 0.175. The van der Waals surface area contributed by atoms with Gasteiger partial charge >= 0.3 is 12.0 Å². The third-order valence-corrected chi connectivity index (χ3v) is 7.41. The van der Waals surface area contributed by atoms with Crippen molar-refractivity contribution in [1.82, 2.24) is 15.2 Å². The third-order valence-electron chi connectivity index (χ3n) is 7.41. The van der Waals surface area contributed by atoms with E-state index in [2.05, 4.69) is 31.1 Å². The lowest BCUT2D eigenvalue weighted by Crippen LogP contribution is -2.51. The maximum Gasteiger partial charge on any atom is 0.326 e. The molecular weight excluding hydrogens is 441 g/mol. The minimum atomic E-state index is -0.923. The van der Waals surface area contributed by atoms with Gasteiger partial charge in [0.05, 0.1) is 0 Å². The Kier molecular flexibility index (Phi) is 6.47. The molecule has 9 heteroatoms. The average molecular weight is 472 g/mol. The van der Waals surface area contributed by atoms with E-state index in [1.54, 1.807) is 0 Å². The van der Waals surface area contributed by atoms with E-state index in [-0.39, 0.29) is 29.6 Å². The topological polar surface area (TPSA) is 102 Å². The summed E-state index contributed by atoms with van der Waals surface area (Å²) >= 11 is 0. The first-order valence-electron chi connectivity index (χ1n) is 11.6. The Morgan fingerprint density at radius 1 is 1.26 bits per heavy atom. The standard InChI is InChI=1S/C25H30FN3O5/c1-4-24(2,3)17-9-11-25(12-10-17)22(31)29(23(32)28-25)13-20(30)33-14-19-15-34-21(27-19)16-5-7-18(26)8-6-16/h5-8,15,17H,4,9-14H2,1-3H3,(H,28,32). The number of esters is 1. The Balaban J connectivity index is 1.31. The second-order valence-corrected chi connectivity index (χ2v) is 9.83. The number of oxazole rings is 1. The van der Waals surface area contributed by atoms with Gasteiger partial charge in [0.2, 0.25) is 5.89 Å². The van der Waals surface area contributed by atoms with E-state index in [0.29, 0.717) is 30.0 Å². The summed E-state index contributed by atoms with van der Waals surface area (Å²) in [4.78, 5) is 43.2. The number of ether oxygens (including phenoxy) is 1. The number of nitrogens with one attached hydrogen (secondary N) is 1. The van der Waals surface area contributed by atoms with Gasteiger partial charge in [0.1, 0.15) is 36.5 Å². The summed E-state index contributed by atoms with van der Waals surface area (Å²) in [5.74, 6) is -0.683. The molecule has 1 aromatic heterocycles. The lowest BCUT2D eigenvalue weighted by atomic mass is 9.65. The van der Waals surface area contributed by atoms with Crippen LogP contribution in [0, 0.1) is 17.2 Å². The molecular formula is C25H30FN3O5. The highest BCUT2D eigenvalue weighted by molar-refractivity contribution is 6.08. The second-order valence-electron chi connectivity index (χ2n) is 9.83. The van der Waals surface area contributed by atoms with Crippen molar-refractivity contribution in [1.29, 1.82) is 0 Å². The average Bonchev–Trinajstić information content (AvgIpc) is 3.38. The number of imide groups is 1. The Morgan fingerprint density at radius 3 is 2.59 bits per heavy atom. The van der Waals surface area contributed by atoms with Crippen LogP contribution in [-0.2, 0) is 20.9 Å². The van der Waals surface area contributed by atoms with E-state index in [1.165, 1.54) is 30.5 Å². The first-order chi connectivity index (χ1) is 16.1. The molecule has 4 rings (SSSR count). The Labute approximate surface area is 197 Å². The number of urea groups is 1. The van der Waals surface area contributed by atoms with Crippen LogP contribution in [0.5, 0.6) is 0 Å². The van der Waals surface area contributed by atoms with Crippen LogP contribution in [-0.4, -0.2) is 39.9 Å². The molecule has 1 aromatic carbocycles. The molecule has 2 fully saturated rings. The van der Waals surface area contributed by atoms with Crippen molar-refractivity contribution >= 4 is 17.9 Å². The smallest absolute Gasteiger partial charge is 0.326 e. The van der Waals surface area contributed by atoms with Crippen LogP contribution in [0.3, 0.4) is 0 Å². The van der Waals surface area contributed by atoms with Crippen LogP contribution in [0.4, 0.5) is 9.18 Å². The summed E-state index contributed by atoms with van der Waals surface area (Å²) in [7, 11) is 0. The first-order valence-corrected chi connectivity index (χ1v) is 11.6. The van der Waals surface area contributed by atoms with Crippen molar-refractivity contribution in [3.05, 3.63) is 42.0 Å². The molecule has 8 nitrogen and oxygen atoms in total. The number of aromatic nitrogens is 1. The SMILES string of the molecule is CCC(C)(C)C1CCC2(CC1)NC(=O)N(CC(=O)OCc1coc(-c3ccc(F)cc3)n1)C2=O. The van der Waals surface area contributed by atoms with Gasteiger partial charge in [-0.25, -0.2) is 14.2 Å². The monoisotopic (exact) mass is 471 g/mol. The van der Waals surface area contributed by atoms with Crippen LogP contribution in [0.15, 0.2) is 34.9 Å². The number of halogens is 1. The number of rotatable bonds is 7. The number of carbonyl (C=O) groups excluding carboxylic acids is 3. The van der Waals surface area contributed by atoms with Gasteiger partial charge in [-0.3, -0.25) is 14.5 Å². The second kappa shape index (κ2) is 9.19. The summed E-state index contributed by atoms with van der Waals surface area (Å²) in [5, 5.41) is 2.84. The van der Waals surface area contributed by atoms with Gasteiger partial charge in [0.25, 0.3) is 5.91 Å². The normalized spacial score (nSPS) is 22.8. The predicted molar refractivity (Wildman–Crippen MR) is 121 cm³/mol. The summed E-state index contributed by atoms with van der Waals surface area (Å²) in [6.07, 6.45) is 5.25. The van der Waals surface area contributed by atoms with E-state index in [4.69, 9.17) is 9.15 Å². The lowest BCUT2D eigenvalue weighted by molar-refractivity contribution is -0.149. The largest absolute Gasteiger partial charge is 0.458 e. The highest BCUT2D eigenvalue weighted by Gasteiger charge is 2.53. The van der Waals surface area contributed by atoms with Crippen molar-refractivity contribution in [2.45, 2.75) is 65.0 Å². The van der Waals surface area contributed by atoms with Crippen LogP contribution in [0.25, 0.3) is 11.5 Å². The van der Waals surface area contributed by atoms with E-state index in [9.17, 15) is 18.8 Å². The molecule has 34 heavy (non-hydrogen) atoms. The number of nitrogens with zero attached hydrogens (tertiary/aromatic N) is 2. The summed E-state index contributed by atoms with van der Waals surface area (Å²) < 4.78 is 23.6. The predicted octanol–water partition coefficient (Wildman–Crippen LogP) is 4.44. The highest BCUT2D eigenvalue weighted by atomic mass is 19.1. The maximum atomic E-state index is 13.1. The lowest BCUT2D eigenvalue weighted by Gasteiger charge is -2.42. The molecule has 2 aromatic rings. The molecule has 3 amide bonds. The fourth-order valence-corrected chi connectivity index (χ4v) is 4.77. The van der Waals surface area contributed by atoms with Crippen molar-refractivity contribution in [3.63, 3.8) is 0 Å². The summed E-state index contributed by atoms with van der Waals surface area (Å²) in [6.45, 7) is 6.02. The van der Waals surface area contributed by atoms with E-state index >= 15 is 0 Å². The van der Waals surface area contributed by atoms with Crippen LogP contribution >= 0.6 is 0 Å². The molecule has 1 N–H and O–H groups in total. The number of hydrogen-bond donors (Lipinski definition) is 1. The van der Waals surface area contributed by atoms with Crippen molar-refractivity contribution in [2.75, 3.05) is 6.54 Å². The quantitative estimate of drug-likeness (QED) is 0.473. The molecule has 0 bridgehead atoms. The number of carbonyl (C=O) groups is 3. The number of amides is 3. The zero-order chi connectivity index (χ0) is 24.5. The Hall–Kier alpha value is -3.23. The zero-order valence-corrected chi connectivity index (χ0v) is 19.7. The van der Waals surface area contributed by atoms with Crippen LogP contribution < -0.4 is 5.32 Å². The fourth-order valence-electron chi connectivity index (χ4n) is 4.77. The molecule has 1 aliphatic carbocycles. The van der Waals surface area contributed by atoms with Crippen LogP contribution in [0.1, 0.15) is 58.6 Å². The number of hydrogen-bond acceptors (Lipinski definition) is 6. The van der Waals surface area contributed by atoms with Crippen molar-refractivity contribution < 1.29 is 27.9 Å². The van der Waals surface area contributed by atoms with Gasteiger partial charge in [0.15, 0.2) is 0 Å². The molecule has 2 aliphatic rings. The van der Waals surface area contributed by atoms with E-state index < -0.39 is 24.1 Å². The summed E-state index contributed by atoms with van der Waals surface area (Å²) in [5.41, 5.74) is 0.210. The van der Waals surface area contributed by atoms with Gasteiger partial charge in [-0.15, -0.1) is 0 Å². The van der Waals surface area contributed by atoms with Gasteiger partial charge < -0.3 is 14.5 Å². The van der Waals surface area contributed by atoms with Gasteiger partial charge in [-0.1, -0.05) is 27.2 Å². The molecule has 1 aliphatic heterocycles. The van der Waals surface area contributed by atoms with Gasteiger partial charge in [-0.2, -0.15) is 0 Å². The molecule has 182 valence electrons. The molecule has 1 saturated heterocycles. The van der Waals surface area contributed by atoms with E-state index in [0.717, 1.165) is 24.2 Å². The molecule has 0 radical (unpaired) electrons. The molecule has 1 saturated carbocycles. The van der Waals surface area contributed by atoms with E-state index in [1.807, 2.05) is 0 Å². The first kappa shape index (κ1) is 23.9. The molecule has 2 heterocycles. The van der Waals surface area contributed by atoms with Crippen LogP contribution in [0.2, 0.25) is 0 Å². The highest BCUT2D eigenvalue weighted by Crippen LogP contribution is 2.45. The summed E-state index contributed by atoms with van der Waals surface area (Å²) in [6, 6.07) is 5.08. The zero-order valence-electron chi connectivity index (χ0n) is 19.7. The maximum absolute atomic E-state index is 13.1. The molecule has 0 atom stereocenters. The third kappa shape index (κ3) is 4.69. The molecule has 0 unspecified atom stereocenters. The van der Waals surface area contributed by atoms with Crippen molar-refractivity contribution in [2.24, 2.45) is 11.3 Å². The van der Waals surface area contributed by atoms with Crippen molar-refractivity contribution in [3.8, 4) is 11.5 Å². The Bertz CT molecular complexity index is 1070. The van der Waals surface area contributed by atoms with Gasteiger partial charge in [-0.05, 0) is 61.3 Å². The molecule has 1 spiro atoms. The fraction of sp³-hybridized carbons (Fsp3) is 0.520. The minimum Gasteiger partial charge on any atom is -0.458 e. The Morgan fingerprint density at radius 2 is 1.94 bits per heavy atom. The van der Waals surface area contributed by atoms with Gasteiger partial charge in [0, 0.05) is 5.56 Å². The number of benzene rings is 1.